The molecule has 0 N–H and O–H groups in total. The molecule has 5 fully saturated rings. The van der Waals surface area contributed by atoms with Crippen molar-refractivity contribution in [2.75, 3.05) is 26.2 Å². The second-order valence-electron chi connectivity index (χ2n) is 12.8. The molecule has 2 amide bonds. The molecule has 5 unspecified atom stereocenters. The molecule has 0 aromatic heterocycles. The van der Waals surface area contributed by atoms with Crippen LogP contribution in [-0.2, 0) is 9.59 Å². The normalized spacial score (nSPS) is 36.4. The smallest absolute Gasteiger partial charge is 0.228 e. The summed E-state index contributed by atoms with van der Waals surface area (Å²) in [5, 5.41) is 0. The summed E-state index contributed by atoms with van der Waals surface area (Å²) in [6.45, 7) is 11.7. The van der Waals surface area contributed by atoms with E-state index >= 15 is 0 Å². The number of carbonyl (C=O) groups excluding carboxylic acids is 2. The molecule has 0 radical (unpaired) electrons. The first-order valence-electron chi connectivity index (χ1n) is 14.1. The molecule has 0 aromatic carbocycles. The molecule has 1 saturated heterocycles. The Morgan fingerprint density at radius 1 is 0.879 bits per heavy atom. The first-order valence-corrected chi connectivity index (χ1v) is 14.1. The quantitative estimate of drug-likeness (QED) is 0.485. The number of carbonyl (C=O) groups is 2. The molecule has 0 bridgehead atoms. The number of hydrogen-bond acceptors (Lipinski definition) is 2. The maximum atomic E-state index is 13.4. The van der Waals surface area contributed by atoms with Gasteiger partial charge in [-0.2, -0.15) is 0 Å². The van der Waals surface area contributed by atoms with Crippen LogP contribution in [-0.4, -0.2) is 47.8 Å². The minimum Gasteiger partial charge on any atom is -0.339 e. The largest absolute Gasteiger partial charge is 0.339 e. The van der Waals surface area contributed by atoms with Crippen LogP contribution in [0.1, 0.15) is 90.9 Å². The van der Waals surface area contributed by atoms with Gasteiger partial charge in [0, 0.05) is 37.5 Å². The van der Waals surface area contributed by atoms with Gasteiger partial charge in [0.2, 0.25) is 11.8 Å². The number of nitrogens with zero attached hydrogens (tertiary/aromatic N) is 2. The monoisotopic (exact) mass is 454 g/mol. The molecule has 0 aromatic rings. The Bertz CT molecular complexity index is 760. The van der Waals surface area contributed by atoms with Crippen molar-refractivity contribution in [3.63, 3.8) is 0 Å². The molecular weight excluding hydrogens is 408 g/mol. The van der Waals surface area contributed by atoms with E-state index in [9.17, 15) is 9.59 Å². The van der Waals surface area contributed by atoms with Crippen LogP contribution in [0.4, 0.5) is 0 Å². The van der Waals surface area contributed by atoms with E-state index in [0.717, 1.165) is 69.1 Å². The van der Waals surface area contributed by atoms with E-state index in [-0.39, 0.29) is 11.3 Å². The van der Waals surface area contributed by atoms with Crippen molar-refractivity contribution in [3.8, 4) is 0 Å². The Hall–Kier alpha value is -1.32. The standard InChI is InChI=1S/C29H46N2O2/c1-20(23-7-8-23)17-22-5-4-6-24(19-22)25-9-10-26(21(2)18-25)27(32)30-13-15-31(16-14-30)28(33)29(3)11-12-29/h21-26H,1,4-19H2,2-3H3. The van der Waals surface area contributed by atoms with Crippen molar-refractivity contribution in [1.82, 2.24) is 9.80 Å². The van der Waals surface area contributed by atoms with E-state index in [1.165, 1.54) is 63.4 Å². The SMILES string of the molecule is C=C(CC1CCCC(C2CCC(C(=O)N3CCN(C(=O)C4(C)CC4)CC3)C(C)C2)C1)C1CC1. The van der Waals surface area contributed by atoms with Gasteiger partial charge in [-0.05, 0) is 87.4 Å². The number of rotatable bonds is 6. The molecule has 1 aliphatic heterocycles. The molecule has 5 aliphatic rings. The highest BCUT2D eigenvalue weighted by molar-refractivity contribution is 5.85. The first kappa shape index (κ1) is 23.4. The summed E-state index contributed by atoms with van der Waals surface area (Å²) in [6.07, 6.45) is 15.2. The molecule has 4 heteroatoms. The van der Waals surface area contributed by atoms with Gasteiger partial charge in [-0.3, -0.25) is 9.59 Å². The fraction of sp³-hybridized carbons (Fsp3) is 0.862. The Balaban J connectivity index is 1.09. The van der Waals surface area contributed by atoms with E-state index in [4.69, 9.17) is 0 Å². The average molecular weight is 455 g/mol. The highest BCUT2D eigenvalue weighted by atomic mass is 16.2. The summed E-state index contributed by atoms with van der Waals surface area (Å²) >= 11 is 0. The maximum absolute atomic E-state index is 13.4. The van der Waals surface area contributed by atoms with Crippen LogP contribution in [0.25, 0.3) is 0 Å². The van der Waals surface area contributed by atoms with Crippen molar-refractivity contribution >= 4 is 11.8 Å². The average Bonchev–Trinajstić information content (AvgIpc) is 3.75. The number of hydrogen-bond donors (Lipinski definition) is 0. The molecule has 0 spiro atoms. The van der Waals surface area contributed by atoms with Crippen molar-refractivity contribution in [2.45, 2.75) is 90.9 Å². The van der Waals surface area contributed by atoms with E-state index in [2.05, 4.69) is 25.3 Å². The molecule has 4 nitrogen and oxygen atoms in total. The summed E-state index contributed by atoms with van der Waals surface area (Å²) in [4.78, 5) is 30.1. The summed E-state index contributed by atoms with van der Waals surface area (Å²) in [7, 11) is 0. The lowest BCUT2D eigenvalue weighted by atomic mass is 9.65. The molecule has 1 heterocycles. The second-order valence-corrected chi connectivity index (χ2v) is 12.8. The summed E-state index contributed by atoms with van der Waals surface area (Å²) in [5.41, 5.74) is 1.44. The van der Waals surface area contributed by atoms with Crippen molar-refractivity contribution in [2.24, 2.45) is 40.9 Å². The zero-order chi connectivity index (χ0) is 23.2. The Kier molecular flexibility index (Phi) is 6.66. The maximum Gasteiger partial charge on any atom is 0.228 e. The second kappa shape index (κ2) is 9.38. The third-order valence-corrected chi connectivity index (χ3v) is 10.1. The van der Waals surface area contributed by atoms with Crippen LogP contribution in [0.15, 0.2) is 12.2 Å². The topological polar surface area (TPSA) is 40.6 Å². The van der Waals surface area contributed by atoms with Gasteiger partial charge >= 0.3 is 0 Å². The van der Waals surface area contributed by atoms with Crippen LogP contribution in [0, 0.1) is 40.9 Å². The van der Waals surface area contributed by atoms with Gasteiger partial charge in [0.15, 0.2) is 0 Å². The van der Waals surface area contributed by atoms with E-state index in [1.807, 2.05) is 4.90 Å². The van der Waals surface area contributed by atoms with Crippen molar-refractivity contribution < 1.29 is 9.59 Å². The molecule has 184 valence electrons. The van der Waals surface area contributed by atoms with Gasteiger partial charge in [-0.1, -0.05) is 45.3 Å². The lowest BCUT2D eigenvalue weighted by Crippen LogP contribution is -2.54. The fourth-order valence-corrected chi connectivity index (χ4v) is 7.36. The minimum absolute atomic E-state index is 0.0949. The highest BCUT2D eigenvalue weighted by Crippen LogP contribution is 2.48. The fourth-order valence-electron chi connectivity index (χ4n) is 7.36. The summed E-state index contributed by atoms with van der Waals surface area (Å²) in [5.74, 6) is 4.76. The lowest BCUT2D eigenvalue weighted by molar-refractivity contribution is -0.146. The van der Waals surface area contributed by atoms with E-state index in [1.54, 1.807) is 0 Å². The first-order chi connectivity index (χ1) is 15.8. The number of amides is 2. The predicted molar refractivity (Wildman–Crippen MR) is 132 cm³/mol. The van der Waals surface area contributed by atoms with Crippen LogP contribution in [0.5, 0.6) is 0 Å². The zero-order valence-corrected chi connectivity index (χ0v) is 21.2. The Labute approximate surface area is 201 Å². The highest BCUT2D eigenvalue weighted by Gasteiger charge is 2.48. The third kappa shape index (κ3) is 5.20. The van der Waals surface area contributed by atoms with Crippen LogP contribution < -0.4 is 0 Å². The van der Waals surface area contributed by atoms with Gasteiger partial charge in [0.1, 0.15) is 0 Å². The molecule has 4 saturated carbocycles. The van der Waals surface area contributed by atoms with Gasteiger partial charge in [-0.25, -0.2) is 0 Å². The molecule has 5 atom stereocenters. The number of allylic oxidation sites excluding steroid dienone is 1. The molecule has 4 aliphatic carbocycles. The zero-order valence-electron chi connectivity index (χ0n) is 21.2. The Morgan fingerprint density at radius 2 is 1.55 bits per heavy atom. The summed E-state index contributed by atoms with van der Waals surface area (Å²) in [6, 6.07) is 0. The van der Waals surface area contributed by atoms with Gasteiger partial charge in [-0.15, -0.1) is 0 Å². The molecular formula is C29H46N2O2. The third-order valence-electron chi connectivity index (χ3n) is 10.1. The molecule has 33 heavy (non-hydrogen) atoms. The molecule has 5 rings (SSSR count). The minimum atomic E-state index is -0.0949. The van der Waals surface area contributed by atoms with Gasteiger partial charge < -0.3 is 9.80 Å². The van der Waals surface area contributed by atoms with Crippen LogP contribution >= 0.6 is 0 Å². The van der Waals surface area contributed by atoms with Crippen molar-refractivity contribution in [1.29, 1.82) is 0 Å². The summed E-state index contributed by atoms with van der Waals surface area (Å²) < 4.78 is 0. The van der Waals surface area contributed by atoms with Crippen molar-refractivity contribution in [3.05, 3.63) is 12.2 Å². The van der Waals surface area contributed by atoms with Gasteiger partial charge in [0.05, 0.1) is 0 Å². The van der Waals surface area contributed by atoms with Gasteiger partial charge in [0.25, 0.3) is 0 Å². The van der Waals surface area contributed by atoms with Crippen LogP contribution in [0.2, 0.25) is 0 Å². The van der Waals surface area contributed by atoms with E-state index < -0.39 is 0 Å². The number of piperazine rings is 1. The van der Waals surface area contributed by atoms with Crippen LogP contribution in [0.3, 0.4) is 0 Å². The predicted octanol–water partition coefficient (Wildman–Crippen LogP) is 5.67. The van der Waals surface area contributed by atoms with E-state index in [0.29, 0.717) is 17.7 Å². The Morgan fingerprint density at radius 3 is 2.18 bits per heavy atom. The lowest BCUT2D eigenvalue weighted by Gasteiger charge is -2.43.